The van der Waals surface area contributed by atoms with E-state index in [-0.39, 0.29) is 11.8 Å². The number of carboxylic acids is 1. The molecule has 1 amide bonds. The van der Waals surface area contributed by atoms with Crippen LogP contribution in [0.2, 0.25) is 0 Å². The number of aromatic nitrogens is 2. The fourth-order valence-corrected chi connectivity index (χ4v) is 5.00. The van der Waals surface area contributed by atoms with Gasteiger partial charge in [0.2, 0.25) is 0 Å². The lowest BCUT2D eigenvalue weighted by atomic mass is 9.99. The van der Waals surface area contributed by atoms with Crippen LogP contribution >= 0.6 is 0 Å². The third kappa shape index (κ3) is 5.51. The largest absolute Gasteiger partial charge is 0.480 e. The molecule has 1 aliphatic rings. The molecule has 0 aliphatic heterocycles. The Morgan fingerprint density at radius 1 is 1.16 bits per heavy atom. The molecule has 32 heavy (non-hydrogen) atoms. The lowest BCUT2D eigenvalue weighted by Gasteiger charge is -2.20. The van der Waals surface area contributed by atoms with Crippen LogP contribution in [0.15, 0.2) is 18.2 Å². The summed E-state index contributed by atoms with van der Waals surface area (Å²) >= 11 is 0. The molecule has 3 rings (SSSR count). The number of amides is 1. The van der Waals surface area contributed by atoms with Gasteiger partial charge < -0.3 is 15.0 Å². The molecule has 1 aliphatic carbocycles. The Hall–Kier alpha value is -2.37. The lowest BCUT2D eigenvalue weighted by molar-refractivity contribution is -0.139. The van der Waals surface area contributed by atoms with Crippen LogP contribution in [0.5, 0.6) is 0 Å². The Kier molecular flexibility index (Phi) is 8.32. The van der Waals surface area contributed by atoms with Gasteiger partial charge in [-0.15, -0.1) is 0 Å². The van der Waals surface area contributed by atoms with E-state index >= 15 is 0 Å². The van der Waals surface area contributed by atoms with Crippen molar-refractivity contribution in [3.63, 3.8) is 0 Å². The Labute approximate surface area is 191 Å². The van der Waals surface area contributed by atoms with Crippen LogP contribution in [0, 0.1) is 11.8 Å². The number of rotatable bonds is 11. The number of hydrogen-bond acceptors (Lipinski definition) is 3. The first-order chi connectivity index (χ1) is 15.4. The van der Waals surface area contributed by atoms with E-state index in [1.165, 1.54) is 25.7 Å². The number of fused-ring (bicyclic) bond motifs is 1. The zero-order chi connectivity index (χ0) is 23.3. The normalized spacial score (nSPS) is 16.5. The van der Waals surface area contributed by atoms with Gasteiger partial charge in [-0.2, -0.15) is 0 Å². The molecule has 1 heterocycles. The van der Waals surface area contributed by atoms with Gasteiger partial charge in [-0.05, 0) is 49.3 Å². The summed E-state index contributed by atoms with van der Waals surface area (Å²) in [7, 11) is 0. The summed E-state index contributed by atoms with van der Waals surface area (Å²) in [6.07, 6.45) is 9.53. The maximum atomic E-state index is 12.9. The molecule has 6 nitrogen and oxygen atoms in total. The highest BCUT2D eigenvalue weighted by molar-refractivity contribution is 5.99. The Morgan fingerprint density at radius 2 is 1.84 bits per heavy atom. The van der Waals surface area contributed by atoms with Crippen LogP contribution in [0.25, 0.3) is 11.0 Å². The summed E-state index contributed by atoms with van der Waals surface area (Å²) in [5.74, 6) is 0.708. The highest BCUT2D eigenvalue weighted by atomic mass is 16.4. The quantitative estimate of drug-likeness (QED) is 0.465. The summed E-state index contributed by atoms with van der Waals surface area (Å²) in [4.78, 5) is 29.5. The van der Waals surface area contributed by atoms with Gasteiger partial charge >= 0.3 is 5.97 Å². The van der Waals surface area contributed by atoms with Gasteiger partial charge in [0.1, 0.15) is 11.9 Å². The van der Waals surface area contributed by atoms with Crippen molar-refractivity contribution in [3.8, 4) is 0 Å². The van der Waals surface area contributed by atoms with E-state index in [4.69, 9.17) is 4.98 Å². The molecule has 0 saturated heterocycles. The predicted molar refractivity (Wildman–Crippen MR) is 128 cm³/mol. The van der Waals surface area contributed by atoms with E-state index < -0.39 is 12.0 Å². The standard InChI is InChI=1S/C26H39N3O3/c1-5-17(4)14-22(26(31)32)28-25(30)19-12-13-23-21(16-19)27-24(15-18-10-8-9-11-18)29(23)20(6-2)7-3/h12-13,16-18,20,22H,5-11,14-15H2,1-4H3,(H,28,30)(H,31,32). The van der Waals surface area contributed by atoms with Crippen LogP contribution in [-0.2, 0) is 11.2 Å². The molecule has 0 radical (unpaired) electrons. The maximum Gasteiger partial charge on any atom is 0.326 e. The van der Waals surface area contributed by atoms with Crippen molar-refractivity contribution >= 4 is 22.9 Å². The van der Waals surface area contributed by atoms with Crippen molar-refractivity contribution in [2.24, 2.45) is 11.8 Å². The van der Waals surface area contributed by atoms with Crippen LogP contribution in [0.4, 0.5) is 0 Å². The fourth-order valence-electron chi connectivity index (χ4n) is 5.00. The molecule has 0 spiro atoms. The van der Waals surface area contributed by atoms with Crippen molar-refractivity contribution < 1.29 is 14.7 Å². The molecule has 1 saturated carbocycles. The fraction of sp³-hybridized carbons (Fsp3) is 0.654. The van der Waals surface area contributed by atoms with Crippen molar-refractivity contribution in [2.45, 2.75) is 97.6 Å². The molecule has 2 aromatic rings. The average molecular weight is 442 g/mol. The summed E-state index contributed by atoms with van der Waals surface area (Å²) in [5.41, 5.74) is 2.36. The smallest absolute Gasteiger partial charge is 0.326 e. The number of aliphatic carboxylic acids is 1. The second kappa shape index (κ2) is 11.0. The topological polar surface area (TPSA) is 84.2 Å². The Morgan fingerprint density at radius 3 is 2.44 bits per heavy atom. The number of nitrogens with zero attached hydrogens (tertiary/aromatic N) is 2. The van der Waals surface area contributed by atoms with Crippen molar-refractivity contribution in [2.75, 3.05) is 0 Å². The van der Waals surface area contributed by atoms with E-state index in [1.54, 1.807) is 6.07 Å². The molecule has 1 fully saturated rings. The molecule has 0 bridgehead atoms. The summed E-state index contributed by atoms with van der Waals surface area (Å²) in [6.45, 7) is 8.46. The van der Waals surface area contributed by atoms with Gasteiger partial charge in [-0.3, -0.25) is 4.79 Å². The van der Waals surface area contributed by atoms with Crippen LogP contribution in [0.3, 0.4) is 0 Å². The van der Waals surface area contributed by atoms with Gasteiger partial charge in [0.05, 0.1) is 11.0 Å². The Balaban J connectivity index is 1.89. The molecule has 176 valence electrons. The zero-order valence-corrected chi connectivity index (χ0v) is 20.1. The zero-order valence-electron chi connectivity index (χ0n) is 20.1. The van der Waals surface area contributed by atoms with Crippen LogP contribution in [0.1, 0.15) is 101 Å². The van der Waals surface area contributed by atoms with Crippen LogP contribution < -0.4 is 5.32 Å². The first kappa shape index (κ1) is 24.3. The first-order valence-electron chi connectivity index (χ1n) is 12.4. The number of benzene rings is 1. The second-order valence-electron chi connectivity index (χ2n) is 9.54. The van der Waals surface area contributed by atoms with Crippen LogP contribution in [-0.4, -0.2) is 32.6 Å². The molecule has 1 aromatic heterocycles. The van der Waals surface area contributed by atoms with Gasteiger partial charge in [-0.25, -0.2) is 9.78 Å². The van der Waals surface area contributed by atoms with Crippen molar-refractivity contribution in [3.05, 3.63) is 29.6 Å². The molecule has 1 aromatic carbocycles. The van der Waals surface area contributed by atoms with E-state index in [0.717, 1.165) is 42.5 Å². The minimum atomic E-state index is -0.989. The number of nitrogens with one attached hydrogen (secondary N) is 1. The number of carbonyl (C=O) groups excluding carboxylic acids is 1. The Bertz CT molecular complexity index is 926. The maximum absolute atomic E-state index is 12.9. The molecular weight excluding hydrogens is 402 g/mol. The van der Waals surface area contributed by atoms with E-state index in [0.29, 0.717) is 23.9 Å². The highest BCUT2D eigenvalue weighted by Gasteiger charge is 2.25. The molecule has 6 heteroatoms. The monoisotopic (exact) mass is 441 g/mol. The third-order valence-electron chi connectivity index (χ3n) is 7.22. The molecule has 2 atom stereocenters. The predicted octanol–water partition coefficient (Wildman–Crippen LogP) is 5.75. The molecule has 2 unspecified atom stereocenters. The van der Waals surface area contributed by atoms with E-state index in [9.17, 15) is 14.7 Å². The lowest BCUT2D eigenvalue weighted by Crippen LogP contribution is -2.41. The van der Waals surface area contributed by atoms with E-state index in [1.807, 2.05) is 26.0 Å². The number of carboxylic acid groups (broad SMARTS) is 1. The van der Waals surface area contributed by atoms with Crippen molar-refractivity contribution in [1.82, 2.24) is 14.9 Å². The van der Waals surface area contributed by atoms with Crippen molar-refractivity contribution in [1.29, 1.82) is 0 Å². The molecular formula is C26H39N3O3. The van der Waals surface area contributed by atoms with E-state index in [2.05, 4.69) is 23.7 Å². The first-order valence-corrected chi connectivity index (χ1v) is 12.4. The summed E-state index contributed by atoms with van der Waals surface area (Å²) < 4.78 is 2.39. The number of imidazole rings is 1. The number of hydrogen-bond donors (Lipinski definition) is 2. The minimum Gasteiger partial charge on any atom is -0.480 e. The highest BCUT2D eigenvalue weighted by Crippen LogP contribution is 2.32. The molecule has 2 N–H and O–H groups in total. The minimum absolute atomic E-state index is 0.229. The summed E-state index contributed by atoms with van der Waals surface area (Å²) in [5, 5.41) is 12.3. The number of carbonyl (C=O) groups is 2. The van der Waals surface area contributed by atoms with Gasteiger partial charge in [0.15, 0.2) is 0 Å². The van der Waals surface area contributed by atoms with Gasteiger partial charge in [-0.1, -0.05) is 59.8 Å². The average Bonchev–Trinajstić information content (AvgIpc) is 3.41. The second-order valence-corrected chi connectivity index (χ2v) is 9.54. The summed E-state index contributed by atoms with van der Waals surface area (Å²) in [6, 6.07) is 5.12. The van der Waals surface area contributed by atoms with Gasteiger partial charge in [0, 0.05) is 18.0 Å². The van der Waals surface area contributed by atoms with Gasteiger partial charge in [0.25, 0.3) is 5.91 Å². The third-order valence-corrected chi connectivity index (χ3v) is 7.22. The SMILES string of the molecule is CCC(C)CC(NC(=O)c1ccc2c(c1)nc(CC1CCCC1)n2C(CC)CC)C(=O)O.